The number of rotatable bonds is 37. The van der Waals surface area contributed by atoms with Crippen LogP contribution in [-0.2, 0) is 57.5 Å². The first kappa shape index (κ1) is 71.7. The van der Waals surface area contributed by atoms with Gasteiger partial charge in [0.2, 0.25) is 65.0 Å². The molecule has 11 atom stereocenters. The van der Waals surface area contributed by atoms with Crippen LogP contribution in [0.2, 0.25) is 0 Å². The monoisotopic (exact) mass is 1160 g/mol. The summed E-state index contributed by atoms with van der Waals surface area (Å²) in [7, 11) is 5.89. The summed E-state index contributed by atoms with van der Waals surface area (Å²) in [6.07, 6.45) is 1.73. The summed E-state index contributed by atoms with van der Waals surface area (Å²) in [5.74, 6) is -10.7. The molecule has 0 saturated carbocycles. The van der Waals surface area contributed by atoms with Crippen LogP contribution in [0.3, 0.4) is 0 Å². The van der Waals surface area contributed by atoms with E-state index in [0.717, 1.165) is 0 Å². The Morgan fingerprint density at radius 2 is 1.11 bits per heavy atom. The Bertz CT molecular complexity index is 2190. The molecule has 11 amide bonds. The number of amides is 11. The molecule has 81 heavy (non-hydrogen) atoms. The van der Waals surface area contributed by atoms with Gasteiger partial charge in [0, 0.05) is 13.1 Å². The number of quaternary nitrogens is 1. The molecule has 21 N–H and O–H groups in total. The second kappa shape index (κ2) is 36.1. The lowest BCUT2D eigenvalue weighted by Gasteiger charge is -2.29. The van der Waals surface area contributed by atoms with Crippen LogP contribution < -0.4 is 76.1 Å². The summed E-state index contributed by atoms with van der Waals surface area (Å²) in [6, 6.07) is -13.0. The molecule has 1 aliphatic heterocycles. The van der Waals surface area contributed by atoms with E-state index >= 15 is 0 Å². The number of nitrogens with two attached hydrogens (primary N) is 4. The van der Waals surface area contributed by atoms with Crippen LogP contribution in [0.4, 0.5) is 0 Å². The highest BCUT2D eigenvalue weighted by Gasteiger charge is 2.39. The van der Waals surface area contributed by atoms with E-state index in [4.69, 9.17) is 28.0 Å². The highest BCUT2D eigenvalue weighted by molar-refractivity contribution is 5.99. The summed E-state index contributed by atoms with van der Waals surface area (Å²) in [6.45, 7) is 5.39. The SMILES string of the molecule is C[C@H](NC(=O)[C@H](C)NC(=O)[C@@H](N)CCCCN)C(=O)N[C@@H](CCCN=C(N)N)C(=O)N[C@@H](CCCC[N+](C)(C)C)C(=O)N[C@@H](CO)C(=O)N[C@@H](C)C(=O)N1CCC[C@H]1C(=O)N[C@@H](C)C(=O)N[C@H](C(=O)NCC(=O)NCC(=O)O)[C@@H](C)O. The number of carbonyl (C=O) groups is 12. The first-order valence-corrected chi connectivity index (χ1v) is 26.9. The Kier molecular flexibility index (Phi) is 32.0. The van der Waals surface area contributed by atoms with Crippen LogP contribution in [0.1, 0.15) is 98.8 Å². The predicted octanol–water partition coefficient (Wildman–Crippen LogP) is -7.99. The number of aliphatic imine (C=N–C) groups is 1. The number of guanidine groups is 1. The van der Waals surface area contributed by atoms with Crippen molar-refractivity contribution >= 4 is 76.9 Å². The smallest absolute Gasteiger partial charge is 0.322 e. The van der Waals surface area contributed by atoms with E-state index < -0.39 is 157 Å². The Morgan fingerprint density at radius 3 is 1.67 bits per heavy atom. The number of nitrogens with zero attached hydrogens (tertiary/aromatic N) is 3. The van der Waals surface area contributed by atoms with Crippen molar-refractivity contribution in [2.24, 2.45) is 27.9 Å². The third kappa shape index (κ3) is 27.6. The van der Waals surface area contributed by atoms with Gasteiger partial charge in [0.05, 0.1) is 53.0 Å². The van der Waals surface area contributed by atoms with Crippen molar-refractivity contribution < 1.29 is 77.3 Å². The van der Waals surface area contributed by atoms with Crippen molar-refractivity contribution in [2.75, 3.05) is 67.0 Å². The minimum absolute atomic E-state index is 0.0282. The molecule has 1 fully saturated rings. The van der Waals surface area contributed by atoms with Crippen molar-refractivity contribution in [3.63, 3.8) is 0 Å². The fraction of sp³-hybridized carbons (Fsp3) is 0.735. The molecule has 0 bridgehead atoms. The molecule has 460 valence electrons. The molecule has 1 aliphatic rings. The zero-order chi connectivity index (χ0) is 61.7. The molecule has 0 spiro atoms. The van der Waals surface area contributed by atoms with E-state index in [1.54, 1.807) is 0 Å². The lowest BCUT2D eigenvalue weighted by Crippen LogP contribution is -2.60. The minimum atomic E-state index is -1.67. The largest absolute Gasteiger partial charge is 0.480 e. The van der Waals surface area contributed by atoms with E-state index in [2.05, 4.69) is 52.8 Å². The Balaban J connectivity index is 3.19. The van der Waals surface area contributed by atoms with Crippen molar-refractivity contribution in [3.8, 4) is 0 Å². The van der Waals surface area contributed by atoms with Gasteiger partial charge >= 0.3 is 5.97 Å². The van der Waals surface area contributed by atoms with Gasteiger partial charge in [-0.15, -0.1) is 0 Å². The van der Waals surface area contributed by atoms with E-state index in [-0.39, 0.29) is 44.7 Å². The highest BCUT2D eigenvalue weighted by Crippen LogP contribution is 2.19. The van der Waals surface area contributed by atoms with Gasteiger partial charge in [-0.05, 0) is 99.0 Å². The molecule has 0 radical (unpaired) electrons. The van der Waals surface area contributed by atoms with E-state index in [9.17, 15) is 67.7 Å². The van der Waals surface area contributed by atoms with E-state index in [1.165, 1.54) is 39.5 Å². The lowest BCUT2D eigenvalue weighted by molar-refractivity contribution is -0.870. The number of hydrogen-bond donors (Lipinski definition) is 17. The fourth-order valence-corrected chi connectivity index (χ4v) is 7.94. The lowest BCUT2D eigenvalue weighted by atomic mass is 10.0. The van der Waals surface area contributed by atoms with Crippen LogP contribution in [0.25, 0.3) is 0 Å². The van der Waals surface area contributed by atoms with E-state index in [0.29, 0.717) is 56.1 Å². The molecule has 1 rings (SSSR count). The average Bonchev–Trinajstić information content (AvgIpc) is 3.89. The molecular formula is C49H90N17O15+. The summed E-state index contributed by atoms with van der Waals surface area (Å²) in [5.41, 5.74) is 22.4. The van der Waals surface area contributed by atoms with Gasteiger partial charge in [-0.1, -0.05) is 6.42 Å². The quantitative estimate of drug-likeness (QED) is 0.0119. The summed E-state index contributed by atoms with van der Waals surface area (Å²) < 4.78 is 0.580. The minimum Gasteiger partial charge on any atom is -0.480 e. The predicted molar refractivity (Wildman–Crippen MR) is 293 cm³/mol. The summed E-state index contributed by atoms with van der Waals surface area (Å²) in [4.78, 5) is 162. The van der Waals surface area contributed by atoms with Gasteiger partial charge in [-0.25, -0.2) is 0 Å². The van der Waals surface area contributed by atoms with Crippen molar-refractivity contribution in [2.45, 2.75) is 165 Å². The van der Waals surface area contributed by atoms with Crippen molar-refractivity contribution in [1.82, 2.24) is 58.1 Å². The molecule has 32 nitrogen and oxygen atoms in total. The van der Waals surface area contributed by atoms with Crippen LogP contribution >= 0.6 is 0 Å². The molecular weight excluding hydrogens is 1070 g/mol. The van der Waals surface area contributed by atoms with Gasteiger partial charge in [0.25, 0.3) is 0 Å². The molecule has 0 aromatic carbocycles. The van der Waals surface area contributed by atoms with Gasteiger partial charge < -0.3 is 101 Å². The molecule has 0 aromatic rings. The second-order valence-electron chi connectivity index (χ2n) is 20.9. The number of carbonyl (C=O) groups excluding carboxylic acids is 11. The zero-order valence-corrected chi connectivity index (χ0v) is 47.8. The highest BCUT2D eigenvalue weighted by atomic mass is 16.4. The standard InChI is InChI=1S/C49H89N17O15/c1-26(58-42(75)31(51)15-9-11-19-50)39(72)57-27(2)40(73)61-33(17-13-20-54-49(52)53)43(76)62-32(16-10-12-22-66(6,7)8)44(77)63-34(25-67)45(78)60-29(4)48(81)65-21-14-18-35(65)46(79)59-28(3)41(74)64-38(30(5)68)47(80)56-23-36(69)55-24-37(70)71/h26-35,38,67-68H,9-25,50-51H2,1-8H3,(H14-,52,53,54,55,56,57,58,59,60,61,62,63,64,69,70,71,72,73,74,75,76,77,78,79,80)/p+1/t26-,27-,28-,29-,30+,31-,32-,33-,34-,35-,38-/m0/s1. The average molecular weight is 1160 g/mol. The number of nitrogens with one attached hydrogen (secondary N) is 10. The maximum atomic E-state index is 14.1. The van der Waals surface area contributed by atoms with Gasteiger partial charge in [-0.2, -0.15) is 0 Å². The third-order valence-corrected chi connectivity index (χ3v) is 12.7. The Hall–Kier alpha value is -7.29. The van der Waals surface area contributed by atoms with Gasteiger partial charge in [0.1, 0.15) is 60.9 Å². The number of aliphatic carboxylic acids is 1. The molecule has 0 aromatic heterocycles. The topological polar surface area (TPSA) is 506 Å². The maximum Gasteiger partial charge on any atom is 0.322 e. The number of aliphatic hydroxyl groups excluding tert-OH is 2. The number of carboxylic acids is 1. The Morgan fingerprint density at radius 1 is 0.605 bits per heavy atom. The van der Waals surface area contributed by atoms with Crippen LogP contribution in [0.5, 0.6) is 0 Å². The summed E-state index contributed by atoms with van der Waals surface area (Å²) in [5, 5.41) is 53.3. The van der Waals surface area contributed by atoms with Crippen molar-refractivity contribution in [1.29, 1.82) is 0 Å². The van der Waals surface area contributed by atoms with Crippen LogP contribution in [-0.4, -0.2) is 235 Å². The van der Waals surface area contributed by atoms with Gasteiger partial charge in [-0.3, -0.25) is 62.5 Å². The molecule has 32 heteroatoms. The number of aliphatic hydroxyl groups is 2. The molecule has 1 saturated heterocycles. The van der Waals surface area contributed by atoms with Crippen LogP contribution in [0.15, 0.2) is 4.99 Å². The molecule has 0 aliphatic carbocycles. The molecule has 0 unspecified atom stereocenters. The third-order valence-electron chi connectivity index (χ3n) is 12.7. The molecule has 1 heterocycles. The Labute approximate surface area is 471 Å². The normalized spacial score (nSPS) is 16.8. The fourth-order valence-electron chi connectivity index (χ4n) is 7.94. The first-order valence-electron chi connectivity index (χ1n) is 26.9. The number of hydrogen-bond acceptors (Lipinski definition) is 17. The van der Waals surface area contributed by atoms with Gasteiger partial charge in [0.15, 0.2) is 5.96 Å². The maximum absolute atomic E-state index is 14.1. The summed E-state index contributed by atoms with van der Waals surface area (Å²) >= 11 is 0. The number of likely N-dealkylation sites (tertiary alicyclic amines) is 1. The number of carboxylic acid groups (broad SMARTS) is 1. The van der Waals surface area contributed by atoms with Crippen molar-refractivity contribution in [3.05, 3.63) is 0 Å². The van der Waals surface area contributed by atoms with Crippen LogP contribution in [0, 0.1) is 0 Å². The number of unbranched alkanes of at least 4 members (excludes halogenated alkanes) is 2. The second-order valence-corrected chi connectivity index (χ2v) is 20.9. The zero-order valence-electron chi connectivity index (χ0n) is 47.8. The first-order chi connectivity index (χ1) is 37.8. The van der Waals surface area contributed by atoms with E-state index in [1.807, 2.05) is 26.5 Å².